The molecule has 0 aromatic carbocycles. The van der Waals surface area contributed by atoms with E-state index in [-0.39, 0.29) is 64.4 Å². The number of carbonyl (C=O) groups is 1. The molecule has 0 saturated heterocycles. The van der Waals surface area contributed by atoms with Gasteiger partial charge in [-0.15, -0.1) is 0 Å². The van der Waals surface area contributed by atoms with Gasteiger partial charge in [-0.2, -0.15) is 8.42 Å². The van der Waals surface area contributed by atoms with Crippen LogP contribution in [0, 0.1) is 0 Å². The van der Waals surface area contributed by atoms with E-state index in [0.717, 1.165) is 11.4 Å². The third-order valence-corrected chi connectivity index (χ3v) is 1.29. The van der Waals surface area contributed by atoms with Gasteiger partial charge in [-0.1, -0.05) is 6.58 Å². The maximum atomic E-state index is 10.3. The van der Waals surface area contributed by atoms with Crippen LogP contribution in [-0.2, 0) is 19.8 Å². The quantitative estimate of drug-likeness (QED) is 0.207. The molecule has 0 fully saturated rings. The molecule has 0 atom stereocenters. The maximum Gasteiger partial charge on any atom is 0.330 e. The molecule has 0 N–H and O–H groups in total. The maximum absolute atomic E-state index is 10.3. The first kappa shape index (κ1) is 15.0. The zero-order chi connectivity index (χ0) is 8.69. The molecule has 0 saturated carbocycles. The summed E-state index contributed by atoms with van der Waals surface area (Å²) in [5.74, 6) is -0.546. The molecule has 0 bridgehead atoms. The molecule has 1 radical (unpaired) electrons. The van der Waals surface area contributed by atoms with Crippen LogP contribution in [0.25, 0.3) is 0 Å². The minimum absolute atomic E-state index is 0. The molecule has 6 heteroatoms. The van der Waals surface area contributed by atoms with Crippen molar-refractivity contribution >= 4 is 73.0 Å². The van der Waals surface area contributed by atoms with Crippen molar-refractivity contribution in [2.75, 3.05) is 6.61 Å². The Morgan fingerprint density at radius 1 is 1.50 bits per heavy atom. The summed E-state index contributed by atoms with van der Waals surface area (Å²) in [6.45, 7) is 3.24. The Balaban J connectivity index is 0. The third-order valence-electron chi connectivity index (χ3n) is 0.783. The number of ether oxygens (including phenoxy) is 1. The van der Waals surface area contributed by atoms with Gasteiger partial charge >= 0.3 is 5.97 Å². The molecule has 0 rings (SSSR count). The summed E-state index contributed by atoms with van der Waals surface area (Å²) >= 11 is 0. The van der Waals surface area contributed by atoms with E-state index in [4.69, 9.17) is 0 Å². The predicted octanol–water partition coefficient (Wildman–Crippen LogP) is -0.594. The fraction of sp³-hybridized carbons (Fsp3) is 0.333. The summed E-state index contributed by atoms with van der Waals surface area (Å²) in [5.41, 5.74) is 0. The molecular formula is C6H8KO4S. The van der Waals surface area contributed by atoms with Crippen molar-refractivity contribution in [2.45, 2.75) is 6.42 Å². The van der Waals surface area contributed by atoms with Crippen LogP contribution in [0.2, 0.25) is 0 Å². The van der Waals surface area contributed by atoms with E-state index in [9.17, 15) is 13.2 Å². The second kappa shape index (κ2) is 9.62. The van der Waals surface area contributed by atoms with Crippen molar-refractivity contribution in [1.29, 1.82) is 0 Å². The van der Waals surface area contributed by atoms with Crippen LogP contribution in [0.5, 0.6) is 0 Å². The van der Waals surface area contributed by atoms with Gasteiger partial charge in [0.15, 0.2) is 0 Å². The molecule has 0 spiro atoms. The molecule has 0 aromatic heterocycles. The van der Waals surface area contributed by atoms with E-state index >= 15 is 0 Å². The summed E-state index contributed by atoms with van der Waals surface area (Å²) in [6, 6.07) is 0. The van der Waals surface area contributed by atoms with Crippen LogP contribution in [-0.4, -0.2) is 77.7 Å². The molecule has 0 heterocycles. The van der Waals surface area contributed by atoms with Crippen molar-refractivity contribution in [3.63, 3.8) is 0 Å². The first-order valence-corrected chi connectivity index (χ1v) is 4.01. The van der Waals surface area contributed by atoms with Crippen LogP contribution in [0.1, 0.15) is 6.42 Å². The Labute approximate surface area is 115 Å². The molecule has 0 unspecified atom stereocenters. The number of esters is 1. The summed E-state index contributed by atoms with van der Waals surface area (Å²) < 4.78 is 24.3. The Morgan fingerprint density at radius 2 is 2.08 bits per heavy atom. The molecule has 0 aliphatic rings. The first-order chi connectivity index (χ1) is 5.16. The Hall–Kier alpha value is 0.536. The van der Waals surface area contributed by atoms with Gasteiger partial charge in [0.2, 0.25) is 10.3 Å². The summed E-state index contributed by atoms with van der Waals surface area (Å²) in [7, 11) is -2.17. The number of rotatable bonds is 4. The molecule has 63 valence electrons. The minimum Gasteiger partial charge on any atom is -0.462 e. The monoisotopic (exact) mass is 215 g/mol. The summed E-state index contributed by atoms with van der Waals surface area (Å²) in [6.07, 6.45) is 1.23. The van der Waals surface area contributed by atoms with Crippen molar-refractivity contribution < 1.29 is 17.9 Å². The Bertz CT molecular complexity index is 259. The van der Waals surface area contributed by atoms with Crippen LogP contribution in [0.4, 0.5) is 0 Å². The van der Waals surface area contributed by atoms with Crippen molar-refractivity contribution in [1.82, 2.24) is 0 Å². The van der Waals surface area contributed by atoms with Gasteiger partial charge in [0.1, 0.15) is 0 Å². The third kappa shape index (κ3) is 10.5. The Morgan fingerprint density at radius 3 is 2.50 bits per heavy atom. The zero-order valence-corrected chi connectivity index (χ0v) is 10.8. The van der Waals surface area contributed by atoms with Gasteiger partial charge in [0.25, 0.3) is 0 Å². The molecule has 0 amide bonds. The van der Waals surface area contributed by atoms with E-state index < -0.39 is 16.3 Å². The van der Waals surface area contributed by atoms with Gasteiger partial charge in [-0.05, 0) is 0 Å². The zero-order valence-electron chi connectivity index (χ0n) is 6.82. The molecule has 0 aliphatic carbocycles. The van der Waals surface area contributed by atoms with Crippen LogP contribution in [0.15, 0.2) is 12.7 Å². The van der Waals surface area contributed by atoms with Crippen LogP contribution >= 0.6 is 0 Å². The van der Waals surface area contributed by atoms with Gasteiger partial charge in [0.05, 0.1) is 6.61 Å². The smallest absolute Gasteiger partial charge is 0.330 e. The van der Waals surface area contributed by atoms with Crippen molar-refractivity contribution in [2.24, 2.45) is 0 Å². The average Bonchev–Trinajstić information content (AvgIpc) is 1.97. The standard InChI is InChI=1S/C6H8O4S.K/c1-2-6(7)10-4-3-5-11(8)9;/h2,5H,1,3-4H2;. The van der Waals surface area contributed by atoms with Crippen LogP contribution in [0.3, 0.4) is 0 Å². The first-order valence-electron chi connectivity index (χ1n) is 2.87. The molecular weight excluding hydrogens is 207 g/mol. The second-order valence-electron chi connectivity index (χ2n) is 1.59. The minimum atomic E-state index is -2.17. The predicted molar refractivity (Wildman–Crippen MR) is 46.5 cm³/mol. The SMILES string of the molecule is C=CC(=O)OCCC=S(=O)=O.[K]. The van der Waals surface area contributed by atoms with E-state index in [2.05, 4.69) is 11.3 Å². The topological polar surface area (TPSA) is 60.4 Å². The van der Waals surface area contributed by atoms with E-state index in [1.807, 2.05) is 0 Å². The normalized spacial score (nSPS) is 7.67. The number of hydrogen-bond acceptors (Lipinski definition) is 4. The van der Waals surface area contributed by atoms with E-state index in [0.29, 0.717) is 0 Å². The van der Waals surface area contributed by atoms with Crippen molar-refractivity contribution in [3.8, 4) is 0 Å². The van der Waals surface area contributed by atoms with E-state index in [1.54, 1.807) is 0 Å². The van der Waals surface area contributed by atoms with E-state index in [1.165, 1.54) is 0 Å². The molecule has 4 nitrogen and oxygen atoms in total. The van der Waals surface area contributed by atoms with Gasteiger partial charge in [-0.3, -0.25) is 0 Å². The number of carbonyl (C=O) groups excluding carboxylic acids is 1. The Kier molecular flexibility index (Phi) is 12.1. The fourth-order valence-corrected chi connectivity index (χ4v) is 0.651. The van der Waals surface area contributed by atoms with Crippen LogP contribution < -0.4 is 0 Å². The molecule has 0 aliphatic heterocycles. The van der Waals surface area contributed by atoms with Gasteiger partial charge in [0, 0.05) is 69.2 Å². The second-order valence-corrected chi connectivity index (χ2v) is 2.44. The number of hydrogen-bond donors (Lipinski definition) is 0. The molecule has 0 aromatic rings. The van der Waals surface area contributed by atoms with Crippen molar-refractivity contribution in [3.05, 3.63) is 12.7 Å². The molecule has 12 heavy (non-hydrogen) atoms. The largest absolute Gasteiger partial charge is 0.462 e. The fourth-order valence-electron chi connectivity index (χ4n) is 0.363. The summed E-state index contributed by atoms with van der Waals surface area (Å²) in [5, 5.41) is 1.02. The summed E-state index contributed by atoms with van der Waals surface area (Å²) in [4.78, 5) is 10.3. The van der Waals surface area contributed by atoms with Gasteiger partial charge in [-0.25, -0.2) is 4.79 Å². The van der Waals surface area contributed by atoms with Gasteiger partial charge < -0.3 is 4.74 Å². The average molecular weight is 215 g/mol.